The fourth-order valence-corrected chi connectivity index (χ4v) is 14.8. The van der Waals surface area contributed by atoms with E-state index in [0.29, 0.717) is 11.8 Å². The van der Waals surface area contributed by atoms with Crippen LogP contribution in [0.25, 0.3) is 11.1 Å². The predicted molar refractivity (Wildman–Crippen MR) is 258 cm³/mol. The molecule has 6 aliphatic carbocycles. The van der Waals surface area contributed by atoms with Gasteiger partial charge in [0.1, 0.15) is 11.5 Å². The van der Waals surface area contributed by atoms with Gasteiger partial charge in [-0.3, -0.25) is 0 Å². The van der Waals surface area contributed by atoms with Gasteiger partial charge < -0.3 is 9.64 Å². The van der Waals surface area contributed by atoms with Gasteiger partial charge in [-0.1, -0.05) is 143 Å². The summed E-state index contributed by atoms with van der Waals surface area (Å²) < 4.78 is 6.94. The smallest absolute Gasteiger partial charge is 0.131 e. The van der Waals surface area contributed by atoms with E-state index in [2.05, 4.69) is 196 Å². The first kappa shape index (κ1) is 37.7. The maximum Gasteiger partial charge on any atom is 0.131 e. The Morgan fingerprint density at radius 2 is 0.905 bits per heavy atom. The van der Waals surface area contributed by atoms with Gasteiger partial charge in [-0.15, -0.1) is 0 Å². The standard InChI is InChI=1S/C61H57NO/c1-58(2)30-31-59(3,4)54-37-46(26-28-52(54)58)62(47-27-29-57-55(38-47)61(53-20-12-13-21-56(53)63-57)43-33-39-32-40(35-43)36-44(61)34-39)45-24-22-42(23-25-45)60(41-14-6-5-7-15-41)50-18-10-8-16-48(50)49-17-9-11-19-51(49)60/h5-29,37-40,43-44H,30-36H2,1-4H3. The Morgan fingerprint density at radius 3 is 1.56 bits per heavy atom. The highest BCUT2D eigenvalue weighted by Gasteiger charge is 2.61. The first-order valence-corrected chi connectivity index (χ1v) is 23.9. The summed E-state index contributed by atoms with van der Waals surface area (Å²) in [6.45, 7) is 9.78. The Kier molecular flexibility index (Phi) is 7.97. The average Bonchev–Trinajstić information content (AvgIpc) is 3.61. The number of hydrogen-bond donors (Lipinski definition) is 0. The molecule has 0 unspecified atom stereocenters. The van der Waals surface area contributed by atoms with Crippen LogP contribution in [0.4, 0.5) is 17.1 Å². The van der Waals surface area contributed by atoms with Crippen LogP contribution >= 0.6 is 0 Å². The first-order valence-electron chi connectivity index (χ1n) is 23.9. The summed E-state index contributed by atoms with van der Waals surface area (Å²) in [5.41, 5.74) is 17.1. The number of rotatable bonds is 5. The van der Waals surface area contributed by atoms with E-state index in [-0.39, 0.29) is 16.2 Å². The van der Waals surface area contributed by atoms with Crippen molar-refractivity contribution in [3.05, 3.63) is 208 Å². The monoisotopic (exact) mass is 819 g/mol. The zero-order valence-corrected chi connectivity index (χ0v) is 37.2. The van der Waals surface area contributed by atoms with Crippen LogP contribution in [0, 0.1) is 23.7 Å². The molecule has 1 spiro atoms. The van der Waals surface area contributed by atoms with E-state index in [1.165, 1.54) is 118 Å². The zero-order valence-electron chi connectivity index (χ0n) is 37.2. The van der Waals surface area contributed by atoms with Crippen molar-refractivity contribution in [3.63, 3.8) is 0 Å². The van der Waals surface area contributed by atoms with E-state index in [1.807, 2.05) is 0 Å². The van der Waals surface area contributed by atoms with E-state index in [9.17, 15) is 0 Å². The molecule has 0 aromatic heterocycles. The lowest BCUT2D eigenvalue weighted by molar-refractivity contribution is -0.0452. The lowest BCUT2D eigenvalue weighted by Gasteiger charge is -2.63. The maximum absolute atomic E-state index is 6.94. The van der Waals surface area contributed by atoms with Crippen LogP contribution in [-0.2, 0) is 21.7 Å². The number of ether oxygens (including phenoxy) is 1. The summed E-state index contributed by atoms with van der Waals surface area (Å²) in [6, 6.07) is 62.7. The SMILES string of the molecule is CC1(C)CCC(C)(C)c2cc(N(c3ccc(C4(c5ccccc5)c5ccccc5-c5ccccc54)cc3)c3ccc4c(c3)C3(c5ccccc5O4)C4CC5CC(C4)CC3C5)ccc21. The van der Waals surface area contributed by atoms with Crippen LogP contribution in [0.5, 0.6) is 11.5 Å². The van der Waals surface area contributed by atoms with Crippen molar-refractivity contribution in [3.8, 4) is 22.6 Å². The highest BCUT2D eigenvalue weighted by molar-refractivity contribution is 5.87. The van der Waals surface area contributed by atoms with E-state index < -0.39 is 5.41 Å². The van der Waals surface area contributed by atoms with Crippen LogP contribution in [0.2, 0.25) is 0 Å². The second kappa shape index (κ2) is 13.3. The fraction of sp³-hybridized carbons (Fsp3) is 0.311. The van der Waals surface area contributed by atoms with E-state index >= 15 is 0 Å². The number of nitrogens with zero attached hydrogens (tertiary/aromatic N) is 1. The maximum atomic E-state index is 6.94. The van der Waals surface area contributed by atoms with Gasteiger partial charge >= 0.3 is 0 Å². The largest absolute Gasteiger partial charge is 0.457 e. The third-order valence-corrected chi connectivity index (χ3v) is 17.5. The lowest BCUT2D eigenvalue weighted by Crippen LogP contribution is -2.57. The van der Waals surface area contributed by atoms with Crippen LogP contribution in [0.3, 0.4) is 0 Å². The molecule has 4 bridgehead atoms. The molecule has 1 aliphatic heterocycles. The van der Waals surface area contributed by atoms with Gasteiger partial charge in [0.25, 0.3) is 0 Å². The molecular weight excluding hydrogens is 763 g/mol. The first-order chi connectivity index (χ1) is 30.7. The quantitative estimate of drug-likeness (QED) is 0.171. The van der Waals surface area contributed by atoms with Gasteiger partial charge in [-0.2, -0.15) is 0 Å². The van der Waals surface area contributed by atoms with Crippen molar-refractivity contribution in [2.45, 2.75) is 94.3 Å². The van der Waals surface area contributed by atoms with Crippen molar-refractivity contribution >= 4 is 17.1 Å². The number of anilines is 3. The van der Waals surface area contributed by atoms with Gasteiger partial charge in [0, 0.05) is 33.6 Å². The minimum atomic E-state index is -0.443. The zero-order chi connectivity index (χ0) is 42.3. The second-order valence-corrected chi connectivity index (χ2v) is 21.5. The van der Waals surface area contributed by atoms with Crippen molar-refractivity contribution in [1.29, 1.82) is 0 Å². The van der Waals surface area contributed by atoms with Gasteiger partial charge in [0.2, 0.25) is 0 Å². The molecule has 4 saturated carbocycles. The molecular formula is C61H57NO. The van der Waals surface area contributed by atoms with Crippen LogP contribution in [0.1, 0.15) is 117 Å². The van der Waals surface area contributed by atoms with Crippen molar-refractivity contribution in [2.24, 2.45) is 23.7 Å². The molecule has 0 atom stereocenters. The fourth-order valence-electron chi connectivity index (χ4n) is 14.8. The molecule has 1 heterocycles. The number of para-hydroxylation sites is 1. The number of hydrogen-bond acceptors (Lipinski definition) is 2. The number of fused-ring (bicyclic) bond motifs is 6. The highest BCUT2D eigenvalue weighted by atomic mass is 16.5. The Morgan fingerprint density at radius 1 is 0.413 bits per heavy atom. The van der Waals surface area contributed by atoms with Crippen LogP contribution < -0.4 is 9.64 Å². The third kappa shape index (κ3) is 5.19. The topological polar surface area (TPSA) is 12.5 Å². The Hall–Kier alpha value is -5.86. The predicted octanol–water partition coefficient (Wildman–Crippen LogP) is 15.7. The minimum absolute atomic E-state index is 0.0314. The summed E-state index contributed by atoms with van der Waals surface area (Å²) >= 11 is 0. The minimum Gasteiger partial charge on any atom is -0.457 e. The summed E-state index contributed by atoms with van der Waals surface area (Å²) in [5.74, 6) is 5.14. The van der Waals surface area contributed by atoms with Crippen molar-refractivity contribution in [2.75, 3.05) is 4.90 Å². The van der Waals surface area contributed by atoms with Gasteiger partial charge in [0.15, 0.2) is 0 Å². The molecule has 0 N–H and O–H groups in total. The molecule has 4 fully saturated rings. The van der Waals surface area contributed by atoms with Gasteiger partial charge in [-0.05, 0) is 172 Å². The van der Waals surface area contributed by atoms with Crippen LogP contribution in [-0.4, -0.2) is 0 Å². The second-order valence-electron chi connectivity index (χ2n) is 21.5. The molecule has 312 valence electrons. The van der Waals surface area contributed by atoms with Crippen molar-refractivity contribution < 1.29 is 4.74 Å². The highest BCUT2D eigenvalue weighted by Crippen LogP contribution is 2.69. The molecule has 2 nitrogen and oxygen atoms in total. The van der Waals surface area contributed by atoms with E-state index in [0.717, 1.165) is 23.3 Å². The summed E-state index contributed by atoms with van der Waals surface area (Å²) in [5, 5.41) is 0. The molecule has 63 heavy (non-hydrogen) atoms. The normalized spacial score (nSPS) is 25.6. The third-order valence-electron chi connectivity index (χ3n) is 17.5. The van der Waals surface area contributed by atoms with E-state index in [4.69, 9.17) is 4.74 Å². The Bertz CT molecular complexity index is 2880. The molecule has 7 aliphatic rings. The average molecular weight is 820 g/mol. The van der Waals surface area contributed by atoms with Gasteiger partial charge in [0.05, 0.1) is 5.41 Å². The summed E-state index contributed by atoms with van der Waals surface area (Å²) in [6.07, 6.45) is 9.15. The van der Waals surface area contributed by atoms with Gasteiger partial charge in [-0.25, -0.2) is 0 Å². The molecule has 14 rings (SSSR count). The van der Waals surface area contributed by atoms with Crippen LogP contribution in [0.15, 0.2) is 164 Å². The lowest BCUT2D eigenvalue weighted by atomic mass is 9.42. The molecule has 0 radical (unpaired) electrons. The molecule has 7 aromatic rings. The summed E-state index contributed by atoms with van der Waals surface area (Å²) in [7, 11) is 0. The molecule has 2 heteroatoms. The summed E-state index contributed by atoms with van der Waals surface area (Å²) in [4.78, 5) is 2.57. The Labute approximate surface area is 374 Å². The number of benzene rings is 7. The van der Waals surface area contributed by atoms with Crippen molar-refractivity contribution in [1.82, 2.24) is 0 Å². The molecule has 0 amide bonds. The molecule has 7 aromatic carbocycles. The Balaban J connectivity index is 1.02. The molecule has 0 saturated heterocycles. The van der Waals surface area contributed by atoms with E-state index in [1.54, 1.807) is 0 Å².